The molecule has 1 N–H and O–H groups in total. The van der Waals surface area contributed by atoms with Gasteiger partial charge < -0.3 is 5.32 Å². The number of aromatic nitrogens is 3. The standard InChI is InChI=1S/C15H22N4/c1-11(2)15-14(10-19(4)18-15)9-17-8-13-7-16-6-5-12(13)3/h5-7,10-11,17H,8-9H2,1-4H3. The van der Waals surface area contributed by atoms with Gasteiger partial charge in [-0.2, -0.15) is 5.10 Å². The smallest absolute Gasteiger partial charge is 0.0694 e. The van der Waals surface area contributed by atoms with E-state index in [-0.39, 0.29) is 0 Å². The van der Waals surface area contributed by atoms with Crippen LogP contribution in [0.15, 0.2) is 24.7 Å². The van der Waals surface area contributed by atoms with Gasteiger partial charge in [0.2, 0.25) is 0 Å². The van der Waals surface area contributed by atoms with Crippen LogP contribution in [0, 0.1) is 6.92 Å². The first-order valence-corrected chi connectivity index (χ1v) is 6.70. The lowest BCUT2D eigenvalue weighted by atomic mass is 10.1. The van der Waals surface area contributed by atoms with E-state index in [1.165, 1.54) is 22.4 Å². The Morgan fingerprint density at radius 2 is 2.00 bits per heavy atom. The fourth-order valence-electron chi connectivity index (χ4n) is 2.19. The minimum atomic E-state index is 0.457. The second-order valence-corrected chi connectivity index (χ2v) is 5.27. The fraction of sp³-hybridized carbons (Fsp3) is 0.467. The zero-order valence-electron chi connectivity index (χ0n) is 12.1. The second-order valence-electron chi connectivity index (χ2n) is 5.27. The van der Waals surface area contributed by atoms with Gasteiger partial charge in [-0.05, 0) is 30.0 Å². The summed E-state index contributed by atoms with van der Waals surface area (Å²) in [5.41, 5.74) is 4.98. The fourth-order valence-corrected chi connectivity index (χ4v) is 2.19. The van der Waals surface area contributed by atoms with Crippen molar-refractivity contribution in [1.82, 2.24) is 20.1 Å². The Kier molecular flexibility index (Phi) is 4.32. The maximum Gasteiger partial charge on any atom is 0.0694 e. The van der Waals surface area contributed by atoms with Gasteiger partial charge in [-0.3, -0.25) is 9.67 Å². The van der Waals surface area contributed by atoms with Crippen LogP contribution in [0.3, 0.4) is 0 Å². The zero-order chi connectivity index (χ0) is 13.8. The average molecular weight is 258 g/mol. The molecule has 0 spiro atoms. The summed E-state index contributed by atoms with van der Waals surface area (Å²) in [5.74, 6) is 0.457. The summed E-state index contributed by atoms with van der Waals surface area (Å²) in [7, 11) is 1.97. The van der Waals surface area contributed by atoms with E-state index in [0.29, 0.717) is 5.92 Å². The van der Waals surface area contributed by atoms with Gasteiger partial charge in [-0.25, -0.2) is 0 Å². The van der Waals surface area contributed by atoms with E-state index in [4.69, 9.17) is 0 Å². The van der Waals surface area contributed by atoms with E-state index >= 15 is 0 Å². The summed E-state index contributed by atoms with van der Waals surface area (Å²) < 4.78 is 1.89. The van der Waals surface area contributed by atoms with Crippen molar-refractivity contribution in [3.05, 3.63) is 47.0 Å². The van der Waals surface area contributed by atoms with Crippen LogP contribution in [0.2, 0.25) is 0 Å². The van der Waals surface area contributed by atoms with Gasteiger partial charge >= 0.3 is 0 Å². The molecule has 2 heterocycles. The maximum absolute atomic E-state index is 4.52. The number of rotatable bonds is 5. The number of hydrogen-bond donors (Lipinski definition) is 1. The number of nitrogens with one attached hydrogen (secondary N) is 1. The number of pyridine rings is 1. The first-order valence-electron chi connectivity index (χ1n) is 6.70. The summed E-state index contributed by atoms with van der Waals surface area (Å²) in [4.78, 5) is 4.16. The molecule has 0 saturated heterocycles. The highest BCUT2D eigenvalue weighted by atomic mass is 15.3. The van der Waals surface area contributed by atoms with Gasteiger partial charge in [-0.15, -0.1) is 0 Å². The van der Waals surface area contributed by atoms with Crippen molar-refractivity contribution in [2.45, 2.75) is 39.8 Å². The van der Waals surface area contributed by atoms with Crippen LogP contribution in [0.25, 0.3) is 0 Å². The highest BCUT2D eigenvalue weighted by Crippen LogP contribution is 2.17. The Morgan fingerprint density at radius 3 is 2.68 bits per heavy atom. The van der Waals surface area contributed by atoms with Gasteiger partial charge in [0.1, 0.15) is 0 Å². The Bertz CT molecular complexity index is 543. The molecule has 4 heteroatoms. The van der Waals surface area contributed by atoms with Crippen molar-refractivity contribution < 1.29 is 0 Å². The van der Waals surface area contributed by atoms with E-state index in [1.54, 1.807) is 0 Å². The predicted octanol–water partition coefficient (Wildman–Crippen LogP) is 2.54. The molecular formula is C15H22N4. The average Bonchev–Trinajstić information content (AvgIpc) is 2.73. The molecule has 0 amide bonds. The lowest BCUT2D eigenvalue weighted by molar-refractivity contribution is 0.674. The van der Waals surface area contributed by atoms with E-state index in [1.807, 2.05) is 30.2 Å². The monoisotopic (exact) mass is 258 g/mol. The minimum Gasteiger partial charge on any atom is -0.308 e. The van der Waals surface area contributed by atoms with Crippen molar-refractivity contribution in [2.75, 3.05) is 0 Å². The Morgan fingerprint density at radius 1 is 1.26 bits per heavy atom. The third kappa shape index (κ3) is 3.41. The maximum atomic E-state index is 4.52. The molecule has 0 aromatic carbocycles. The highest BCUT2D eigenvalue weighted by molar-refractivity contribution is 5.22. The first-order chi connectivity index (χ1) is 9.08. The molecule has 19 heavy (non-hydrogen) atoms. The van der Waals surface area contributed by atoms with Crippen molar-refractivity contribution in [2.24, 2.45) is 7.05 Å². The molecule has 0 fully saturated rings. The van der Waals surface area contributed by atoms with Crippen molar-refractivity contribution in [3.8, 4) is 0 Å². The molecule has 0 aliphatic rings. The van der Waals surface area contributed by atoms with Crippen molar-refractivity contribution in [3.63, 3.8) is 0 Å². The largest absolute Gasteiger partial charge is 0.308 e. The third-order valence-electron chi connectivity index (χ3n) is 3.26. The molecule has 0 atom stereocenters. The zero-order valence-corrected chi connectivity index (χ0v) is 12.1. The van der Waals surface area contributed by atoms with Crippen LogP contribution < -0.4 is 5.32 Å². The summed E-state index contributed by atoms with van der Waals surface area (Å²) >= 11 is 0. The molecule has 0 saturated carbocycles. The molecule has 2 aromatic rings. The second kappa shape index (κ2) is 5.97. The molecule has 0 radical (unpaired) electrons. The molecule has 0 bridgehead atoms. The van der Waals surface area contributed by atoms with E-state index in [9.17, 15) is 0 Å². The van der Waals surface area contributed by atoms with Gasteiger partial charge in [0.15, 0.2) is 0 Å². The molecule has 4 nitrogen and oxygen atoms in total. The minimum absolute atomic E-state index is 0.457. The number of aryl methyl sites for hydroxylation is 2. The molecule has 2 aromatic heterocycles. The van der Waals surface area contributed by atoms with Gasteiger partial charge in [-0.1, -0.05) is 13.8 Å². The lowest BCUT2D eigenvalue weighted by Gasteiger charge is -2.08. The van der Waals surface area contributed by atoms with Gasteiger partial charge in [0.05, 0.1) is 5.69 Å². The SMILES string of the molecule is Cc1ccncc1CNCc1cn(C)nc1C(C)C. The first kappa shape index (κ1) is 13.7. The molecule has 102 valence electrons. The van der Waals surface area contributed by atoms with Crippen LogP contribution >= 0.6 is 0 Å². The summed E-state index contributed by atoms with van der Waals surface area (Å²) in [6.45, 7) is 8.15. The van der Waals surface area contributed by atoms with Gasteiger partial charge in [0.25, 0.3) is 0 Å². The van der Waals surface area contributed by atoms with Crippen molar-refractivity contribution in [1.29, 1.82) is 0 Å². The molecule has 0 unspecified atom stereocenters. The summed E-state index contributed by atoms with van der Waals surface area (Å²) in [6, 6.07) is 2.04. The van der Waals surface area contributed by atoms with Crippen LogP contribution in [-0.4, -0.2) is 14.8 Å². The summed E-state index contributed by atoms with van der Waals surface area (Å²) in [5, 5.41) is 7.99. The lowest BCUT2D eigenvalue weighted by Crippen LogP contribution is -2.14. The van der Waals surface area contributed by atoms with Crippen molar-refractivity contribution >= 4 is 0 Å². The normalized spacial score (nSPS) is 11.2. The topological polar surface area (TPSA) is 42.7 Å². The molecule has 2 rings (SSSR count). The van der Waals surface area contributed by atoms with E-state index in [0.717, 1.165) is 13.1 Å². The van der Waals surface area contributed by atoms with Crippen LogP contribution in [-0.2, 0) is 20.1 Å². The molecular weight excluding hydrogens is 236 g/mol. The quantitative estimate of drug-likeness (QED) is 0.896. The Balaban J connectivity index is 1.98. The van der Waals surface area contributed by atoms with Gasteiger partial charge in [0, 0.05) is 44.3 Å². The third-order valence-corrected chi connectivity index (χ3v) is 3.26. The Hall–Kier alpha value is -1.68. The number of hydrogen-bond acceptors (Lipinski definition) is 3. The molecule has 0 aliphatic heterocycles. The van der Waals surface area contributed by atoms with Crippen LogP contribution in [0.4, 0.5) is 0 Å². The molecule has 0 aliphatic carbocycles. The van der Waals surface area contributed by atoms with E-state index < -0.39 is 0 Å². The number of nitrogens with zero attached hydrogens (tertiary/aromatic N) is 3. The summed E-state index contributed by atoms with van der Waals surface area (Å²) in [6.07, 6.45) is 5.85. The highest BCUT2D eigenvalue weighted by Gasteiger charge is 2.10. The van der Waals surface area contributed by atoms with E-state index in [2.05, 4.69) is 42.4 Å². The predicted molar refractivity (Wildman–Crippen MR) is 76.8 cm³/mol. The Labute approximate surface area is 114 Å². The van der Waals surface area contributed by atoms with Crippen LogP contribution in [0.5, 0.6) is 0 Å². The van der Waals surface area contributed by atoms with Crippen LogP contribution in [0.1, 0.15) is 42.1 Å².